The van der Waals surface area contributed by atoms with Crippen molar-refractivity contribution in [2.45, 2.75) is 31.3 Å². The standard InChI is InChI=1S/C11H17NO3/c12-8-10(3-6-14-7-4-10)11(13)2-1-5-15-9-11/h13H,1-7,9H2. The van der Waals surface area contributed by atoms with Gasteiger partial charge in [-0.25, -0.2) is 0 Å². The van der Waals surface area contributed by atoms with Crippen LogP contribution < -0.4 is 0 Å². The molecule has 84 valence electrons. The molecule has 2 aliphatic rings. The summed E-state index contributed by atoms with van der Waals surface area (Å²) in [5, 5.41) is 19.9. The Hall–Kier alpha value is -0.630. The zero-order valence-corrected chi connectivity index (χ0v) is 8.87. The van der Waals surface area contributed by atoms with Gasteiger partial charge in [0.1, 0.15) is 5.60 Å². The molecule has 2 saturated heterocycles. The van der Waals surface area contributed by atoms with E-state index >= 15 is 0 Å². The molecule has 0 aliphatic carbocycles. The Kier molecular flexibility index (Phi) is 2.96. The molecule has 0 aromatic carbocycles. The molecule has 1 N–H and O–H groups in total. The molecule has 0 amide bonds. The van der Waals surface area contributed by atoms with Gasteiger partial charge in [-0.3, -0.25) is 0 Å². The monoisotopic (exact) mass is 211 g/mol. The molecule has 2 fully saturated rings. The molecule has 0 aromatic rings. The molecular weight excluding hydrogens is 194 g/mol. The Morgan fingerprint density at radius 1 is 1.07 bits per heavy atom. The number of hydrogen-bond acceptors (Lipinski definition) is 4. The van der Waals surface area contributed by atoms with Gasteiger partial charge in [-0.1, -0.05) is 0 Å². The summed E-state index contributed by atoms with van der Waals surface area (Å²) in [6.07, 6.45) is 2.73. The van der Waals surface area contributed by atoms with Gasteiger partial charge >= 0.3 is 0 Å². The molecule has 0 aromatic heterocycles. The average molecular weight is 211 g/mol. The largest absolute Gasteiger partial charge is 0.386 e. The van der Waals surface area contributed by atoms with Gasteiger partial charge in [0, 0.05) is 19.8 Å². The molecular formula is C11H17NO3. The van der Waals surface area contributed by atoms with E-state index in [0.29, 0.717) is 45.7 Å². The number of rotatable bonds is 1. The highest BCUT2D eigenvalue weighted by molar-refractivity contribution is 5.13. The van der Waals surface area contributed by atoms with E-state index in [2.05, 4.69) is 6.07 Å². The molecule has 1 unspecified atom stereocenters. The third-order valence-electron chi connectivity index (χ3n) is 3.67. The first kappa shape index (κ1) is 10.9. The minimum atomic E-state index is -0.968. The lowest BCUT2D eigenvalue weighted by Crippen LogP contribution is -2.55. The molecule has 2 aliphatic heterocycles. The van der Waals surface area contributed by atoms with Gasteiger partial charge in [0.2, 0.25) is 0 Å². The maximum atomic E-state index is 10.5. The predicted octanol–water partition coefficient (Wildman–Crippen LogP) is 0.848. The van der Waals surface area contributed by atoms with Crippen molar-refractivity contribution in [1.82, 2.24) is 0 Å². The summed E-state index contributed by atoms with van der Waals surface area (Å²) in [5.41, 5.74) is -1.63. The molecule has 4 nitrogen and oxygen atoms in total. The Labute approximate surface area is 89.8 Å². The minimum absolute atomic E-state index is 0.292. The van der Waals surface area contributed by atoms with Gasteiger partial charge in [0.05, 0.1) is 18.1 Å². The van der Waals surface area contributed by atoms with Crippen molar-refractivity contribution in [3.63, 3.8) is 0 Å². The first-order valence-electron chi connectivity index (χ1n) is 5.52. The van der Waals surface area contributed by atoms with Crippen molar-refractivity contribution in [1.29, 1.82) is 5.26 Å². The fraction of sp³-hybridized carbons (Fsp3) is 0.909. The number of ether oxygens (including phenoxy) is 2. The molecule has 1 atom stereocenters. The summed E-state index contributed by atoms with van der Waals surface area (Å²) in [4.78, 5) is 0. The zero-order chi connectivity index (χ0) is 10.8. The predicted molar refractivity (Wildman–Crippen MR) is 53.1 cm³/mol. The van der Waals surface area contributed by atoms with Crippen LogP contribution in [-0.2, 0) is 9.47 Å². The van der Waals surface area contributed by atoms with E-state index in [9.17, 15) is 10.4 Å². The molecule has 0 radical (unpaired) electrons. The highest BCUT2D eigenvalue weighted by atomic mass is 16.5. The molecule has 2 heterocycles. The Balaban J connectivity index is 2.19. The lowest BCUT2D eigenvalue weighted by molar-refractivity contribution is -0.166. The van der Waals surface area contributed by atoms with Crippen LogP contribution in [0.2, 0.25) is 0 Å². The van der Waals surface area contributed by atoms with Crippen molar-refractivity contribution in [2.75, 3.05) is 26.4 Å². The van der Waals surface area contributed by atoms with Gasteiger partial charge < -0.3 is 14.6 Å². The van der Waals surface area contributed by atoms with E-state index < -0.39 is 11.0 Å². The maximum Gasteiger partial charge on any atom is 0.107 e. The third-order valence-corrected chi connectivity index (χ3v) is 3.67. The van der Waals surface area contributed by atoms with Crippen LogP contribution in [0, 0.1) is 16.7 Å². The van der Waals surface area contributed by atoms with Crippen LogP contribution in [0.4, 0.5) is 0 Å². The van der Waals surface area contributed by atoms with Gasteiger partial charge in [-0.15, -0.1) is 0 Å². The summed E-state index contributed by atoms with van der Waals surface area (Å²) in [5.74, 6) is 0. The van der Waals surface area contributed by atoms with Crippen molar-refractivity contribution >= 4 is 0 Å². The molecule has 0 saturated carbocycles. The van der Waals surface area contributed by atoms with Crippen LogP contribution in [-0.4, -0.2) is 37.1 Å². The van der Waals surface area contributed by atoms with E-state index in [1.807, 2.05) is 0 Å². The third kappa shape index (κ3) is 1.76. The Bertz CT molecular complexity index is 259. The van der Waals surface area contributed by atoms with Crippen LogP contribution in [0.5, 0.6) is 0 Å². The fourth-order valence-electron chi connectivity index (χ4n) is 2.56. The SMILES string of the molecule is N#CC1(C2(O)CCCOC2)CCOCC1. The van der Waals surface area contributed by atoms with Crippen LogP contribution in [0.1, 0.15) is 25.7 Å². The van der Waals surface area contributed by atoms with Crippen molar-refractivity contribution in [3.8, 4) is 6.07 Å². The summed E-state index contributed by atoms with van der Waals surface area (Å²) in [6.45, 7) is 2.12. The van der Waals surface area contributed by atoms with Gasteiger partial charge in [0.15, 0.2) is 0 Å². The fourth-order valence-corrected chi connectivity index (χ4v) is 2.56. The molecule has 2 rings (SSSR count). The lowest BCUT2D eigenvalue weighted by Gasteiger charge is -2.46. The highest BCUT2D eigenvalue weighted by Crippen LogP contribution is 2.44. The maximum absolute atomic E-state index is 10.5. The molecule has 0 spiro atoms. The minimum Gasteiger partial charge on any atom is -0.386 e. The molecule has 0 bridgehead atoms. The van der Waals surface area contributed by atoms with E-state index in [1.54, 1.807) is 0 Å². The highest BCUT2D eigenvalue weighted by Gasteiger charge is 2.52. The van der Waals surface area contributed by atoms with Crippen molar-refractivity contribution in [3.05, 3.63) is 0 Å². The average Bonchev–Trinajstić information content (AvgIpc) is 2.31. The first-order chi connectivity index (χ1) is 7.22. The van der Waals surface area contributed by atoms with E-state index in [0.717, 1.165) is 6.42 Å². The van der Waals surface area contributed by atoms with E-state index in [1.165, 1.54) is 0 Å². The smallest absolute Gasteiger partial charge is 0.107 e. The second kappa shape index (κ2) is 4.09. The van der Waals surface area contributed by atoms with Crippen molar-refractivity contribution in [2.24, 2.45) is 5.41 Å². The number of nitriles is 1. The summed E-state index contributed by atoms with van der Waals surface area (Å²) in [7, 11) is 0. The second-order valence-corrected chi connectivity index (χ2v) is 4.49. The van der Waals surface area contributed by atoms with Gasteiger partial charge in [0.25, 0.3) is 0 Å². The van der Waals surface area contributed by atoms with Crippen molar-refractivity contribution < 1.29 is 14.6 Å². The van der Waals surface area contributed by atoms with Gasteiger partial charge in [-0.2, -0.15) is 5.26 Å². The van der Waals surface area contributed by atoms with Crippen LogP contribution in [0.3, 0.4) is 0 Å². The number of nitrogens with zero attached hydrogens (tertiary/aromatic N) is 1. The lowest BCUT2D eigenvalue weighted by atomic mass is 9.65. The van der Waals surface area contributed by atoms with Crippen LogP contribution in [0.25, 0.3) is 0 Å². The summed E-state index contributed by atoms with van der Waals surface area (Å²) in [6, 6.07) is 2.32. The van der Waals surface area contributed by atoms with E-state index in [-0.39, 0.29) is 0 Å². The summed E-state index contributed by atoms with van der Waals surface area (Å²) >= 11 is 0. The number of hydrogen-bond donors (Lipinski definition) is 1. The summed E-state index contributed by atoms with van der Waals surface area (Å²) < 4.78 is 10.6. The first-order valence-corrected chi connectivity index (χ1v) is 5.52. The Morgan fingerprint density at radius 2 is 1.80 bits per heavy atom. The van der Waals surface area contributed by atoms with Crippen LogP contribution in [0.15, 0.2) is 0 Å². The number of aliphatic hydroxyl groups is 1. The quantitative estimate of drug-likeness (QED) is 0.698. The van der Waals surface area contributed by atoms with Crippen LogP contribution >= 0.6 is 0 Å². The molecule has 4 heteroatoms. The molecule has 15 heavy (non-hydrogen) atoms. The second-order valence-electron chi connectivity index (χ2n) is 4.49. The van der Waals surface area contributed by atoms with Gasteiger partial charge in [-0.05, 0) is 25.7 Å². The Morgan fingerprint density at radius 3 is 2.33 bits per heavy atom. The zero-order valence-electron chi connectivity index (χ0n) is 8.87. The normalized spacial score (nSPS) is 35.7. The van der Waals surface area contributed by atoms with E-state index in [4.69, 9.17) is 9.47 Å². The topological polar surface area (TPSA) is 62.5 Å².